The predicted molar refractivity (Wildman–Crippen MR) is 210 cm³/mol. The van der Waals surface area contributed by atoms with E-state index in [0.29, 0.717) is 17.6 Å². The van der Waals surface area contributed by atoms with Gasteiger partial charge >= 0.3 is 0 Å². The highest BCUT2D eigenvalue weighted by Gasteiger charge is 2.21. The van der Waals surface area contributed by atoms with E-state index >= 15 is 0 Å². The number of furan rings is 1. The molecule has 0 fully saturated rings. The van der Waals surface area contributed by atoms with Crippen LogP contribution in [0.3, 0.4) is 0 Å². The largest absolute Gasteiger partial charge is 0.456 e. The lowest BCUT2D eigenvalue weighted by molar-refractivity contribution is 0.669. The van der Waals surface area contributed by atoms with Crippen LogP contribution in [0.5, 0.6) is 0 Å². The van der Waals surface area contributed by atoms with Crippen LogP contribution in [0.15, 0.2) is 144 Å². The van der Waals surface area contributed by atoms with Crippen molar-refractivity contribution in [3.8, 4) is 28.7 Å². The van der Waals surface area contributed by atoms with Gasteiger partial charge in [0, 0.05) is 41.9 Å². The number of aromatic nitrogens is 4. The molecule has 0 unspecified atom stereocenters. The Balaban J connectivity index is 1.18. The van der Waals surface area contributed by atoms with Crippen LogP contribution in [0.4, 0.5) is 0 Å². The Hall–Kier alpha value is -6.37. The zero-order chi connectivity index (χ0) is 33.5. The Kier molecular flexibility index (Phi) is 6.18. The summed E-state index contributed by atoms with van der Waals surface area (Å²) in [6.45, 7) is 0. The van der Waals surface area contributed by atoms with Gasteiger partial charge in [0.05, 0.1) is 11.0 Å². The van der Waals surface area contributed by atoms with E-state index in [1.165, 1.54) is 41.7 Å². The molecular formula is C45H28N4OS. The number of hydrogen-bond acceptors (Lipinski definition) is 5. The first-order chi connectivity index (χ1) is 25.3. The lowest BCUT2D eigenvalue weighted by atomic mass is 9.95. The average molecular weight is 673 g/mol. The van der Waals surface area contributed by atoms with Gasteiger partial charge in [0.1, 0.15) is 11.2 Å². The van der Waals surface area contributed by atoms with Gasteiger partial charge in [0.15, 0.2) is 11.6 Å². The summed E-state index contributed by atoms with van der Waals surface area (Å²) in [5, 5.41) is 7.12. The highest BCUT2D eigenvalue weighted by molar-refractivity contribution is 7.17. The van der Waals surface area contributed by atoms with Crippen LogP contribution in [0.1, 0.15) is 18.4 Å². The predicted octanol–water partition coefficient (Wildman–Crippen LogP) is 10.2. The molecule has 0 atom stereocenters. The first kappa shape index (κ1) is 28.5. The zero-order valence-corrected chi connectivity index (χ0v) is 28.2. The number of thiophene rings is 1. The highest BCUT2D eigenvalue weighted by Crippen LogP contribution is 2.38. The van der Waals surface area contributed by atoms with Crippen LogP contribution in [-0.2, 0) is 0 Å². The molecule has 1 aliphatic rings. The van der Waals surface area contributed by atoms with Gasteiger partial charge in [0.25, 0.3) is 0 Å². The van der Waals surface area contributed by atoms with Crippen LogP contribution in [0.25, 0.3) is 94.2 Å². The van der Waals surface area contributed by atoms with Crippen molar-refractivity contribution in [3.05, 3.63) is 155 Å². The Morgan fingerprint density at radius 1 is 0.569 bits per heavy atom. The summed E-state index contributed by atoms with van der Waals surface area (Å²) in [5.41, 5.74) is 8.28. The van der Waals surface area contributed by atoms with Crippen LogP contribution in [0, 0.1) is 0 Å². The third-order valence-electron chi connectivity index (χ3n) is 10.2. The fraction of sp³-hybridized carbons (Fsp3) is 0.0444. The third kappa shape index (κ3) is 4.36. The molecule has 11 rings (SSSR count). The number of nitrogens with zero attached hydrogens (tertiary/aromatic N) is 4. The molecule has 6 aromatic carbocycles. The molecule has 4 heterocycles. The van der Waals surface area contributed by atoms with Gasteiger partial charge < -0.3 is 4.42 Å². The van der Waals surface area contributed by atoms with Gasteiger partial charge in [-0.3, -0.25) is 4.57 Å². The van der Waals surface area contributed by atoms with E-state index in [0.717, 1.165) is 56.9 Å². The monoisotopic (exact) mass is 672 g/mol. The van der Waals surface area contributed by atoms with Crippen molar-refractivity contribution in [1.29, 1.82) is 0 Å². The molecule has 6 heteroatoms. The molecule has 240 valence electrons. The van der Waals surface area contributed by atoms with Gasteiger partial charge in [-0.25, -0.2) is 4.98 Å². The fourth-order valence-electron chi connectivity index (χ4n) is 7.88. The maximum absolute atomic E-state index is 6.27. The molecule has 0 bridgehead atoms. The molecule has 4 aromatic heterocycles. The minimum Gasteiger partial charge on any atom is -0.456 e. The van der Waals surface area contributed by atoms with Crippen LogP contribution in [-0.4, -0.2) is 19.5 Å². The molecular weight excluding hydrogens is 645 g/mol. The van der Waals surface area contributed by atoms with Crippen molar-refractivity contribution in [2.24, 2.45) is 0 Å². The van der Waals surface area contributed by atoms with Crippen molar-refractivity contribution in [2.45, 2.75) is 12.8 Å². The SMILES string of the molecule is C1=c2c(sc3ccccc23)=C(c2ccc3c(c2)c2ccccc2n3-c2nc(-c3ccccc3)nc(-c3cccc4oc5ccccc5c34)n2)CC1. The van der Waals surface area contributed by atoms with Crippen molar-refractivity contribution in [1.82, 2.24) is 19.5 Å². The molecule has 0 spiro atoms. The second-order valence-electron chi connectivity index (χ2n) is 13.1. The molecule has 0 N–H and O–H groups in total. The quantitative estimate of drug-likeness (QED) is 0.187. The average Bonchev–Trinajstić information content (AvgIpc) is 3.87. The molecule has 0 saturated heterocycles. The van der Waals surface area contributed by atoms with E-state index in [2.05, 4.69) is 102 Å². The lowest BCUT2D eigenvalue weighted by Crippen LogP contribution is -2.25. The second kappa shape index (κ2) is 11.1. The smallest absolute Gasteiger partial charge is 0.238 e. The highest BCUT2D eigenvalue weighted by atomic mass is 32.1. The standard InChI is InChI=1S/C45H28N4OS/c1-2-12-27(13-3-1)43-46-44(34-19-11-22-39-41(34)33-16-5-8-21-38(33)50-39)48-45(47-43)49-36-20-7-4-14-30(36)35-26-28(24-25-37(35)49)29-17-10-18-32-31-15-6-9-23-40(31)51-42(29)32/h1-9,11-16,18-26H,10,17H2. The molecule has 51 heavy (non-hydrogen) atoms. The lowest BCUT2D eigenvalue weighted by Gasteiger charge is -2.12. The molecule has 10 aromatic rings. The van der Waals surface area contributed by atoms with Gasteiger partial charge in [-0.2, -0.15) is 9.97 Å². The maximum Gasteiger partial charge on any atom is 0.238 e. The van der Waals surface area contributed by atoms with Crippen LogP contribution in [0.2, 0.25) is 0 Å². The zero-order valence-electron chi connectivity index (χ0n) is 27.4. The first-order valence-corrected chi connectivity index (χ1v) is 18.1. The Morgan fingerprint density at radius 2 is 1.31 bits per heavy atom. The number of benzene rings is 6. The summed E-state index contributed by atoms with van der Waals surface area (Å²) in [4.78, 5) is 15.6. The van der Waals surface area contributed by atoms with Gasteiger partial charge in [0.2, 0.25) is 5.95 Å². The fourth-order valence-corrected chi connectivity index (χ4v) is 9.18. The van der Waals surface area contributed by atoms with Gasteiger partial charge in [-0.15, -0.1) is 11.3 Å². The summed E-state index contributed by atoms with van der Waals surface area (Å²) in [5.74, 6) is 1.80. The van der Waals surface area contributed by atoms with Crippen LogP contribution >= 0.6 is 11.3 Å². The van der Waals surface area contributed by atoms with E-state index < -0.39 is 0 Å². The van der Waals surface area contributed by atoms with Crippen molar-refractivity contribution >= 4 is 76.8 Å². The summed E-state index contributed by atoms with van der Waals surface area (Å²) in [6.07, 6.45) is 4.48. The van der Waals surface area contributed by atoms with Crippen LogP contribution < -0.4 is 9.75 Å². The number of hydrogen-bond donors (Lipinski definition) is 0. The normalized spacial score (nSPS) is 13.1. The van der Waals surface area contributed by atoms with Crippen molar-refractivity contribution in [2.75, 3.05) is 0 Å². The molecule has 0 saturated carbocycles. The minimum absolute atomic E-state index is 0.578. The van der Waals surface area contributed by atoms with E-state index in [1.54, 1.807) is 0 Å². The summed E-state index contributed by atoms with van der Waals surface area (Å²) < 4.78 is 11.2. The number of para-hydroxylation sites is 2. The Bertz CT molecular complexity index is 3150. The topological polar surface area (TPSA) is 56.7 Å². The Labute approximate surface area is 296 Å². The Morgan fingerprint density at radius 3 is 2.24 bits per heavy atom. The summed E-state index contributed by atoms with van der Waals surface area (Å²) in [6, 6.07) is 48.7. The minimum atomic E-state index is 0.578. The van der Waals surface area contributed by atoms with Gasteiger partial charge in [-0.05, 0) is 71.0 Å². The first-order valence-electron chi connectivity index (χ1n) is 17.3. The second-order valence-corrected chi connectivity index (χ2v) is 14.1. The third-order valence-corrected chi connectivity index (χ3v) is 11.4. The molecule has 1 aliphatic carbocycles. The number of fused-ring (bicyclic) bond motifs is 9. The summed E-state index contributed by atoms with van der Waals surface area (Å²) >= 11 is 1.91. The van der Waals surface area contributed by atoms with Crippen molar-refractivity contribution in [3.63, 3.8) is 0 Å². The van der Waals surface area contributed by atoms with E-state index in [1.807, 2.05) is 59.9 Å². The molecule has 0 radical (unpaired) electrons. The molecule has 0 aliphatic heterocycles. The molecule has 5 nitrogen and oxygen atoms in total. The number of rotatable bonds is 4. The summed E-state index contributed by atoms with van der Waals surface area (Å²) in [7, 11) is 0. The molecule has 0 amide bonds. The van der Waals surface area contributed by atoms with Crippen molar-refractivity contribution < 1.29 is 4.42 Å². The van der Waals surface area contributed by atoms with E-state index in [4.69, 9.17) is 19.4 Å². The van der Waals surface area contributed by atoms with E-state index in [-0.39, 0.29) is 0 Å². The van der Waals surface area contributed by atoms with E-state index in [9.17, 15) is 0 Å². The maximum atomic E-state index is 6.27. The van der Waals surface area contributed by atoms with Gasteiger partial charge in [-0.1, -0.05) is 109 Å².